The average molecular weight is 1150 g/mol. The van der Waals surface area contributed by atoms with E-state index in [0.29, 0.717) is 100 Å². The van der Waals surface area contributed by atoms with E-state index in [9.17, 15) is 5.11 Å². The fraction of sp³-hybridized carbons (Fsp3) is 0.792. The van der Waals surface area contributed by atoms with Gasteiger partial charge in [-0.3, -0.25) is 9.69 Å². The zero-order chi connectivity index (χ0) is 56.5. The smallest absolute Gasteiger partial charge is 0.339 e. The van der Waals surface area contributed by atoms with E-state index in [-0.39, 0.29) is 35.7 Å². The van der Waals surface area contributed by atoms with Gasteiger partial charge in [0, 0.05) is 61.2 Å². The van der Waals surface area contributed by atoms with Crippen molar-refractivity contribution in [2.24, 2.45) is 103 Å². The SMILES string of the molecule is NCCCc1cccc2c1C(=O)OC21C2CC(C3CCCC4(CCCC4)C3)C=CC3CC4C5C6=C3C23C(=O)OC(=C(O)CC(C2CC7(CCCC7)C7(CCCC78CCCC8)C2)N2CC7CC(C2)C2CCC(=C5N2C7)CC4C2CCCCC2)C31CC6. The Morgan fingerprint density at radius 3 is 2.29 bits per heavy atom. The summed E-state index contributed by atoms with van der Waals surface area (Å²) in [6, 6.07) is 7.34. The monoisotopic (exact) mass is 1150 g/mol. The molecule has 21 aliphatic rings. The standard InChI is InChI=1S/C77H103N3O5/c78-35-12-18-49-16-10-19-59-64(49)69(82)85-77(59)63-39-50(53-17-11-27-71(41-53)25-4-5-26-71)20-21-51-37-58-57(48-14-2-1-3-15-48)38-52-22-23-60-54-36-47-44-79(46-54)61(55-42-73(30-8-9-31-73)74(43-55)33-13-32-72(74)28-6-7-29-72)40-62(81)68-75(77)34-24-56(65(58)67(52)80(60)45-47)66(51)76(63,75)70(83)84-68/h10,16,19-21,47-48,50-51,53-55,57-58,60-61,63,65,81H,1-9,11-15,17-18,22-46,78H2. The van der Waals surface area contributed by atoms with Gasteiger partial charge in [-0.15, -0.1) is 0 Å². The Morgan fingerprint density at radius 2 is 1.46 bits per heavy atom. The second-order valence-electron chi connectivity index (χ2n) is 34.2. The first-order chi connectivity index (χ1) is 41.6. The predicted molar refractivity (Wildman–Crippen MR) is 330 cm³/mol. The molecule has 12 aliphatic carbocycles. The van der Waals surface area contributed by atoms with Gasteiger partial charge in [-0.25, -0.2) is 4.79 Å². The summed E-state index contributed by atoms with van der Waals surface area (Å²) in [6.45, 7) is 3.96. The van der Waals surface area contributed by atoms with E-state index >= 15 is 9.59 Å². The third-order valence-electron chi connectivity index (χ3n) is 31.8. The molecular weight excluding hydrogens is 1050 g/mol. The lowest BCUT2D eigenvalue weighted by molar-refractivity contribution is -0.282. The fourth-order valence-corrected chi connectivity index (χ4v) is 29.5. The van der Waals surface area contributed by atoms with Crippen LogP contribution in [0.3, 0.4) is 0 Å². The molecule has 3 saturated heterocycles. The Balaban J connectivity index is 0.854. The Labute approximate surface area is 509 Å². The van der Waals surface area contributed by atoms with Crippen LogP contribution >= 0.6 is 0 Å². The first-order valence-corrected chi connectivity index (χ1v) is 36.9. The highest BCUT2D eigenvalue weighted by atomic mass is 16.6. The minimum Gasteiger partial charge on any atom is -0.509 e. The van der Waals surface area contributed by atoms with Crippen LogP contribution in [0.2, 0.25) is 0 Å². The summed E-state index contributed by atoms with van der Waals surface area (Å²) in [7, 11) is 0. The Morgan fingerprint density at radius 1 is 0.671 bits per heavy atom. The van der Waals surface area contributed by atoms with Crippen LogP contribution in [0.15, 0.2) is 64.3 Å². The van der Waals surface area contributed by atoms with E-state index in [1.54, 1.807) is 16.8 Å². The molecule has 8 heteroatoms. The van der Waals surface area contributed by atoms with Crippen molar-refractivity contribution in [1.29, 1.82) is 0 Å². The number of hydrogen-bond acceptors (Lipinski definition) is 8. The first-order valence-electron chi connectivity index (χ1n) is 36.9. The van der Waals surface area contributed by atoms with Crippen LogP contribution in [0.5, 0.6) is 0 Å². The number of hydrogen-bond donors (Lipinski definition) is 2. The topological polar surface area (TPSA) is 105 Å². The molecule has 0 amide bonds. The van der Waals surface area contributed by atoms with E-state index in [1.807, 2.05) is 0 Å². The zero-order valence-corrected chi connectivity index (χ0v) is 51.9. The molecule has 8 nitrogen and oxygen atoms in total. The maximum atomic E-state index is 17.2. The Hall–Kier alpha value is -3.36. The van der Waals surface area contributed by atoms with Gasteiger partial charge in [0.25, 0.3) is 0 Å². The highest BCUT2D eigenvalue weighted by Gasteiger charge is 2.94. The third-order valence-corrected chi connectivity index (χ3v) is 31.8. The molecule has 7 spiro atoms. The highest BCUT2D eigenvalue weighted by Crippen LogP contribution is 2.89. The molecule has 456 valence electrons. The average Bonchev–Trinajstić information content (AvgIpc) is 1.51. The second kappa shape index (κ2) is 18.9. The van der Waals surface area contributed by atoms with Crippen molar-refractivity contribution in [2.45, 2.75) is 255 Å². The number of fused-ring (bicyclic) bond motifs is 5. The quantitative estimate of drug-likeness (QED) is 0.214. The summed E-state index contributed by atoms with van der Waals surface area (Å²) in [5, 5.41) is 14.3. The fourth-order valence-electron chi connectivity index (χ4n) is 29.5. The summed E-state index contributed by atoms with van der Waals surface area (Å²) in [5.41, 5.74) is 14.1. The number of carbonyl (C=O) groups is 2. The largest absolute Gasteiger partial charge is 0.509 e. The normalized spacial score (nSPS) is 46.3. The minimum atomic E-state index is -1.15. The number of aliphatic hydroxyl groups is 1. The van der Waals surface area contributed by atoms with Gasteiger partial charge < -0.3 is 25.2 Å². The van der Waals surface area contributed by atoms with E-state index < -0.39 is 16.4 Å². The molecule has 1 aromatic carbocycles. The molecule has 3 N–H and O–H groups in total. The van der Waals surface area contributed by atoms with E-state index in [0.717, 1.165) is 67.8 Å². The molecule has 22 rings (SSSR count). The number of aliphatic hydroxyl groups excluding tert-OH is 1. The number of benzene rings is 1. The van der Waals surface area contributed by atoms with Gasteiger partial charge in [-0.1, -0.05) is 125 Å². The number of ether oxygens (including phenoxy) is 2. The number of aryl methyl sites for hydroxylation is 1. The molecule has 9 heterocycles. The second-order valence-corrected chi connectivity index (χ2v) is 34.2. The molecule has 9 aliphatic heterocycles. The molecule has 0 radical (unpaired) electrons. The van der Waals surface area contributed by atoms with Gasteiger partial charge in [0.05, 0.1) is 11.0 Å². The number of carbonyl (C=O) groups excluding carboxylic acids is 2. The maximum absolute atomic E-state index is 17.2. The molecular formula is C77H103N3O5. The molecule has 11 fully saturated rings. The van der Waals surface area contributed by atoms with Crippen molar-refractivity contribution in [1.82, 2.24) is 9.80 Å². The lowest BCUT2D eigenvalue weighted by Crippen LogP contribution is -2.78. The van der Waals surface area contributed by atoms with Crippen molar-refractivity contribution < 1.29 is 24.2 Å². The van der Waals surface area contributed by atoms with Crippen LogP contribution in [0.1, 0.15) is 253 Å². The molecule has 12 bridgehead atoms. The summed E-state index contributed by atoms with van der Waals surface area (Å²) in [6.07, 6.45) is 51.7. The molecule has 85 heavy (non-hydrogen) atoms. The minimum absolute atomic E-state index is 0.103. The number of piperidine rings is 2. The molecule has 0 aromatic heterocycles. The van der Waals surface area contributed by atoms with Crippen LogP contribution in [-0.2, 0) is 26.3 Å². The number of rotatable bonds is 6. The van der Waals surface area contributed by atoms with Crippen molar-refractivity contribution in [2.75, 3.05) is 26.2 Å². The summed E-state index contributed by atoms with van der Waals surface area (Å²) in [5.74, 6) is 5.16. The lowest BCUT2D eigenvalue weighted by Gasteiger charge is -2.73. The van der Waals surface area contributed by atoms with Crippen molar-refractivity contribution in [3.63, 3.8) is 0 Å². The van der Waals surface area contributed by atoms with Gasteiger partial charge in [0.15, 0.2) is 11.4 Å². The van der Waals surface area contributed by atoms with Gasteiger partial charge in [0.2, 0.25) is 0 Å². The molecule has 8 saturated carbocycles. The van der Waals surface area contributed by atoms with Crippen LogP contribution < -0.4 is 5.73 Å². The van der Waals surface area contributed by atoms with Crippen molar-refractivity contribution >= 4 is 11.9 Å². The molecule has 17 atom stereocenters. The Kier molecular flexibility index (Phi) is 11.9. The first kappa shape index (κ1) is 53.5. The predicted octanol–water partition coefficient (Wildman–Crippen LogP) is 16.3. The highest BCUT2D eigenvalue weighted by molar-refractivity contribution is 6.00. The summed E-state index contributed by atoms with van der Waals surface area (Å²) in [4.78, 5) is 39.1. The molecule has 1 aromatic rings. The number of allylic oxidation sites excluding steroid dienone is 4. The van der Waals surface area contributed by atoms with Crippen LogP contribution in [-0.4, -0.2) is 65.1 Å². The number of nitrogens with zero attached hydrogens (tertiary/aromatic N) is 2. The van der Waals surface area contributed by atoms with E-state index in [4.69, 9.17) is 15.2 Å². The van der Waals surface area contributed by atoms with E-state index in [2.05, 4.69) is 40.2 Å². The van der Waals surface area contributed by atoms with Gasteiger partial charge in [-0.2, -0.15) is 0 Å². The number of esters is 2. The Bertz CT molecular complexity index is 3100. The van der Waals surface area contributed by atoms with Crippen LogP contribution in [0.4, 0.5) is 0 Å². The lowest BCUT2D eigenvalue weighted by atomic mass is 9.27. The summed E-state index contributed by atoms with van der Waals surface area (Å²) >= 11 is 0. The van der Waals surface area contributed by atoms with Crippen molar-refractivity contribution in [3.05, 3.63) is 81.0 Å². The maximum Gasteiger partial charge on any atom is 0.339 e. The van der Waals surface area contributed by atoms with E-state index in [1.165, 1.54) is 205 Å². The summed E-state index contributed by atoms with van der Waals surface area (Å²) < 4.78 is 15.2. The molecule has 17 unspecified atom stereocenters. The van der Waals surface area contributed by atoms with Gasteiger partial charge >= 0.3 is 11.9 Å². The van der Waals surface area contributed by atoms with Gasteiger partial charge in [-0.05, 0) is 240 Å². The third kappa shape index (κ3) is 6.71. The van der Waals surface area contributed by atoms with Crippen LogP contribution in [0, 0.1) is 97.6 Å². The van der Waals surface area contributed by atoms with Gasteiger partial charge in [0.1, 0.15) is 11.2 Å². The number of nitrogens with two attached hydrogens (primary N) is 1. The van der Waals surface area contributed by atoms with Crippen molar-refractivity contribution in [3.8, 4) is 0 Å². The zero-order valence-electron chi connectivity index (χ0n) is 51.9. The van der Waals surface area contributed by atoms with Crippen LogP contribution in [0.25, 0.3) is 0 Å².